The second-order valence-corrected chi connectivity index (χ2v) is 25.0. The van der Waals surface area contributed by atoms with Crippen LogP contribution in [0.5, 0.6) is 0 Å². The maximum Gasteiger partial charge on any atom is 0.180 e. The molecule has 2 N–H and O–H groups in total. The molecule has 0 amide bonds. The smallest absolute Gasteiger partial charge is 0.180 e. The van der Waals surface area contributed by atoms with Crippen molar-refractivity contribution in [2.45, 2.75) is 198 Å². The predicted molar refractivity (Wildman–Crippen MR) is 367 cm³/mol. The predicted octanol–water partition coefficient (Wildman–Crippen LogP) is 22.9. The third-order valence-electron chi connectivity index (χ3n) is 12.7. The van der Waals surface area contributed by atoms with Crippen molar-refractivity contribution in [3.63, 3.8) is 0 Å². The average molecular weight is 1190 g/mol. The lowest BCUT2D eigenvalue weighted by atomic mass is 10.1. The Bertz CT molecular complexity index is 2510. The van der Waals surface area contributed by atoms with E-state index in [-0.39, 0.29) is 0 Å². The van der Waals surface area contributed by atoms with E-state index in [1.54, 1.807) is 36.3 Å². The van der Waals surface area contributed by atoms with E-state index in [9.17, 15) is 5.21 Å². The van der Waals surface area contributed by atoms with E-state index >= 15 is 0 Å². The molecule has 0 unspecified atom stereocenters. The number of hydrogen-bond donors (Lipinski definition) is 2. The van der Waals surface area contributed by atoms with Crippen LogP contribution in [0.2, 0.25) is 0 Å². The second-order valence-electron chi connectivity index (χ2n) is 23.3. The molecule has 0 aromatic carbocycles. The van der Waals surface area contributed by atoms with E-state index in [0.717, 1.165) is 16.2 Å². The topological polar surface area (TPSA) is 123 Å². The molecule has 11 heteroatoms. The number of pyridine rings is 4. The summed E-state index contributed by atoms with van der Waals surface area (Å²) < 4.78 is 10.8. The van der Waals surface area contributed by atoms with Crippen molar-refractivity contribution in [2.75, 3.05) is 0 Å². The molecular formula is C74H106N6O3S2. The van der Waals surface area contributed by atoms with Gasteiger partial charge in [-0.05, 0) is 182 Å². The van der Waals surface area contributed by atoms with Crippen molar-refractivity contribution in [2.24, 2.45) is 0 Å². The summed E-state index contributed by atoms with van der Waals surface area (Å²) >= 11 is 3.60. The Hall–Kier alpha value is -7.08. The number of hydrogen-bond acceptors (Lipinski definition) is 8. The summed E-state index contributed by atoms with van der Waals surface area (Å²) in [5.74, 6) is 7.12. The van der Waals surface area contributed by atoms with Crippen LogP contribution in [0.15, 0.2) is 215 Å². The van der Waals surface area contributed by atoms with Crippen molar-refractivity contribution < 1.29 is 13.6 Å². The van der Waals surface area contributed by atoms with Gasteiger partial charge in [-0.1, -0.05) is 157 Å². The van der Waals surface area contributed by atoms with Crippen molar-refractivity contribution in [3.05, 3.63) is 267 Å². The van der Waals surface area contributed by atoms with Crippen LogP contribution in [0.3, 0.4) is 0 Å². The zero-order valence-corrected chi connectivity index (χ0v) is 56.9. The molecule has 10 aromatic heterocycles. The van der Waals surface area contributed by atoms with E-state index in [1.165, 1.54) is 56.3 Å². The van der Waals surface area contributed by atoms with Gasteiger partial charge in [-0.2, -0.15) is 16.1 Å². The second kappa shape index (κ2) is 45.3. The molecular weight excluding hydrogens is 1080 g/mol. The maximum absolute atomic E-state index is 10.6. The standard InChI is InChI=1S/C8H11NO.3C8H11N.2C7H11N.2C7H10O.2C7H10S/c1-7(2)8-3-5-9(10)6-4-8;1-7(2)8-3-5-9-6-4-8;1-7(2)8-4-3-5-9-6-8;1-7(2)8-5-3-4-6-9-8;1-6(2)7-3-4-8-5-7;1-6(2)7-4-3-5-8-7;1-6(2)7-3-4-8-5-7;1-6(2)7-4-3-5-8-7;1-6(2)7-3-4-8-5-7;1-6(2)7-4-3-5-8-7/h3-7H,1-2H3;3*3-7H,1-2H3;2*3-6,8H,1-2H3;4*3-6H,1-2H3. The third-order valence-corrected chi connectivity index (χ3v) is 14.5. The van der Waals surface area contributed by atoms with Gasteiger partial charge in [-0.3, -0.25) is 15.0 Å². The third kappa shape index (κ3) is 36.4. The van der Waals surface area contributed by atoms with Gasteiger partial charge in [0, 0.05) is 83.9 Å². The molecule has 0 atom stereocenters. The Balaban J connectivity index is 0.000000473. The molecule has 0 saturated heterocycles. The Labute approximate surface area is 522 Å². The highest BCUT2D eigenvalue weighted by atomic mass is 32.1. The van der Waals surface area contributed by atoms with Crippen LogP contribution < -0.4 is 4.73 Å². The lowest BCUT2D eigenvalue weighted by Gasteiger charge is -2.02. The minimum absolute atomic E-state index is 0.501. The summed E-state index contributed by atoms with van der Waals surface area (Å²) in [6, 6.07) is 36.4. The number of aromatic nitrogens is 6. The quantitative estimate of drug-likeness (QED) is 0.104. The van der Waals surface area contributed by atoms with Crippen molar-refractivity contribution in [1.82, 2.24) is 24.9 Å². The van der Waals surface area contributed by atoms with Gasteiger partial charge in [-0.15, -0.1) is 11.3 Å². The van der Waals surface area contributed by atoms with Gasteiger partial charge < -0.3 is 24.0 Å². The van der Waals surface area contributed by atoms with Crippen LogP contribution in [0.25, 0.3) is 0 Å². The molecule has 0 saturated carbocycles. The number of rotatable bonds is 10. The van der Waals surface area contributed by atoms with Gasteiger partial charge in [0.05, 0.1) is 18.8 Å². The van der Waals surface area contributed by atoms with Crippen LogP contribution >= 0.6 is 22.7 Å². The van der Waals surface area contributed by atoms with Crippen molar-refractivity contribution >= 4 is 22.7 Å². The molecule has 9 nitrogen and oxygen atoms in total. The Kier molecular flexibility index (Phi) is 40.5. The molecule has 0 bridgehead atoms. The molecule has 0 spiro atoms. The lowest BCUT2D eigenvalue weighted by Crippen LogP contribution is -2.23. The number of nitrogens with zero attached hydrogens (tertiary/aromatic N) is 4. The molecule has 462 valence electrons. The van der Waals surface area contributed by atoms with E-state index in [0.29, 0.717) is 59.2 Å². The molecule has 10 heterocycles. The average Bonchev–Trinajstić information content (AvgIpc) is 4.37. The largest absolute Gasteiger partial charge is 0.619 e. The number of furan rings is 2. The van der Waals surface area contributed by atoms with Gasteiger partial charge in [-0.25, -0.2) is 0 Å². The summed E-state index contributed by atoms with van der Waals surface area (Å²) in [7, 11) is 0. The summed E-state index contributed by atoms with van der Waals surface area (Å²) in [6.45, 7) is 43.2. The molecule has 0 aliphatic heterocycles. The fourth-order valence-corrected chi connectivity index (χ4v) is 8.40. The van der Waals surface area contributed by atoms with Gasteiger partial charge in [0.2, 0.25) is 0 Å². The number of H-pyrrole nitrogens is 2. The molecule has 0 aliphatic rings. The number of thiophene rings is 2. The van der Waals surface area contributed by atoms with Crippen LogP contribution in [0.1, 0.15) is 253 Å². The van der Waals surface area contributed by atoms with Crippen LogP contribution in [0.4, 0.5) is 0 Å². The molecule has 0 aliphatic carbocycles. The Morgan fingerprint density at radius 2 is 1.08 bits per heavy atom. The molecule has 0 radical (unpaired) electrons. The van der Waals surface area contributed by atoms with Crippen LogP contribution in [-0.2, 0) is 0 Å². The Morgan fingerprint density at radius 3 is 1.38 bits per heavy atom. The fourth-order valence-electron chi connectivity index (χ4n) is 6.84. The van der Waals surface area contributed by atoms with E-state index < -0.39 is 0 Å². The first-order valence-corrected chi connectivity index (χ1v) is 32.0. The number of aromatic amines is 2. The van der Waals surface area contributed by atoms with E-state index in [4.69, 9.17) is 8.83 Å². The number of nitrogens with one attached hydrogen (secondary N) is 2. The summed E-state index contributed by atoms with van der Waals surface area (Å²) in [5.41, 5.74) is 10.4. The molecule has 0 fully saturated rings. The summed E-state index contributed by atoms with van der Waals surface area (Å²) in [6.07, 6.45) is 23.4. The van der Waals surface area contributed by atoms with Gasteiger partial charge in [0.1, 0.15) is 5.76 Å². The highest BCUT2D eigenvalue weighted by Gasteiger charge is 2.02. The maximum atomic E-state index is 10.6. The summed E-state index contributed by atoms with van der Waals surface area (Å²) in [4.78, 5) is 19.7. The first-order chi connectivity index (χ1) is 40.4. The van der Waals surface area contributed by atoms with Gasteiger partial charge >= 0.3 is 0 Å². The van der Waals surface area contributed by atoms with E-state index in [1.807, 2.05) is 128 Å². The first kappa shape index (κ1) is 75.9. The minimum Gasteiger partial charge on any atom is -0.619 e. The van der Waals surface area contributed by atoms with Gasteiger partial charge in [0.15, 0.2) is 12.4 Å². The molecule has 10 aromatic rings. The molecule has 85 heavy (non-hydrogen) atoms. The zero-order chi connectivity index (χ0) is 63.5. The van der Waals surface area contributed by atoms with E-state index in [2.05, 4.69) is 216 Å². The van der Waals surface area contributed by atoms with Crippen molar-refractivity contribution in [1.29, 1.82) is 0 Å². The SMILES string of the molecule is CC(C)c1cc[n+]([O-])cc1.CC(C)c1cc[nH]c1.CC(C)c1ccc[nH]1.CC(C)c1ccccn1.CC(C)c1cccnc1.CC(C)c1ccco1.CC(C)c1cccs1.CC(C)c1ccncc1.CC(C)c1ccoc1.CC(C)c1ccsc1. The highest BCUT2D eigenvalue weighted by Crippen LogP contribution is 2.20. The van der Waals surface area contributed by atoms with Crippen LogP contribution in [-0.4, -0.2) is 24.9 Å². The summed E-state index contributed by atoms with van der Waals surface area (Å²) in [5, 5.41) is 17.0. The highest BCUT2D eigenvalue weighted by molar-refractivity contribution is 7.10. The Morgan fingerprint density at radius 1 is 0.447 bits per heavy atom. The monoisotopic (exact) mass is 1190 g/mol. The lowest BCUT2D eigenvalue weighted by molar-refractivity contribution is -0.605. The first-order valence-electron chi connectivity index (χ1n) is 30.2. The molecule has 10 rings (SSSR count). The van der Waals surface area contributed by atoms with Crippen LogP contribution in [0, 0.1) is 5.21 Å². The fraction of sp³-hybridized carbons (Fsp3) is 0.405. The van der Waals surface area contributed by atoms with Gasteiger partial charge in [0.25, 0.3) is 0 Å². The van der Waals surface area contributed by atoms with Crippen molar-refractivity contribution in [3.8, 4) is 0 Å². The minimum atomic E-state index is 0.501. The zero-order valence-electron chi connectivity index (χ0n) is 55.2. The normalized spacial score (nSPS) is 10.3.